The first-order chi connectivity index (χ1) is 7.76. The van der Waals surface area contributed by atoms with E-state index in [0.29, 0.717) is 6.54 Å². The van der Waals surface area contributed by atoms with Gasteiger partial charge in [-0.05, 0) is 30.3 Å². The largest absolute Gasteiger partial charge is 0.326 e. The molecule has 1 aromatic rings. The Morgan fingerprint density at radius 3 is 2.94 bits per heavy atom. The van der Waals surface area contributed by atoms with Gasteiger partial charge in [0.05, 0.1) is 0 Å². The molecule has 1 rings (SSSR count). The third-order valence-electron chi connectivity index (χ3n) is 2.27. The molecule has 0 spiro atoms. The van der Waals surface area contributed by atoms with Crippen LogP contribution in [0.2, 0.25) is 0 Å². The third-order valence-corrected chi connectivity index (χ3v) is 2.27. The molecule has 86 valence electrons. The van der Waals surface area contributed by atoms with Crippen LogP contribution < -0.4 is 11.1 Å². The Hall–Kier alpha value is -1.45. The van der Waals surface area contributed by atoms with Crippen molar-refractivity contribution in [2.45, 2.75) is 20.0 Å². The highest BCUT2D eigenvalue weighted by Crippen LogP contribution is 2.04. The summed E-state index contributed by atoms with van der Waals surface area (Å²) in [4.78, 5) is 3.72. The van der Waals surface area contributed by atoms with Crippen LogP contribution in [0.15, 0.2) is 41.0 Å². The van der Waals surface area contributed by atoms with Gasteiger partial charge in [0, 0.05) is 25.8 Å². The molecule has 0 aliphatic carbocycles. The Balaban J connectivity index is 2.42. The van der Waals surface area contributed by atoms with Gasteiger partial charge in [0.15, 0.2) is 0 Å². The van der Waals surface area contributed by atoms with Crippen LogP contribution in [0, 0.1) is 0 Å². The van der Waals surface area contributed by atoms with Crippen molar-refractivity contribution in [1.29, 1.82) is 0 Å². The molecular formula is C13H19N3. The molecule has 0 amide bonds. The van der Waals surface area contributed by atoms with E-state index in [2.05, 4.69) is 29.2 Å². The molecule has 0 aliphatic rings. The second kappa shape index (κ2) is 6.93. The van der Waals surface area contributed by atoms with Crippen LogP contribution in [-0.4, -0.2) is 13.3 Å². The molecule has 0 aromatic heterocycles. The van der Waals surface area contributed by atoms with Gasteiger partial charge < -0.3 is 11.1 Å². The van der Waals surface area contributed by atoms with Gasteiger partial charge in [0.2, 0.25) is 0 Å². The van der Waals surface area contributed by atoms with E-state index in [4.69, 9.17) is 5.73 Å². The Morgan fingerprint density at radius 1 is 1.50 bits per heavy atom. The van der Waals surface area contributed by atoms with Gasteiger partial charge in [-0.3, -0.25) is 4.99 Å². The smallest absolute Gasteiger partial charge is 0.0262 e. The van der Waals surface area contributed by atoms with E-state index in [1.54, 1.807) is 6.20 Å². The lowest BCUT2D eigenvalue weighted by Gasteiger charge is -2.06. The minimum Gasteiger partial charge on any atom is -0.326 e. The number of nitrogens with two attached hydrogens (primary N) is 1. The Kier molecular flexibility index (Phi) is 5.46. The van der Waals surface area contributed by atoms with E-state index in [9.17, 15) is 0 Å². The van der Waals surface area contributed by atoms with Gasteiger partial charge in [-0.15, -0.1) is 0 Å². The van der Waals surface area contributed by atoms with Crippen LogP contribution in [0.25, 0.3) is 0 Å². The molecule has 3 N–H and O–H groups in total. The predicted molar refractivity (Wildman–Crippen MR) is 69.3 cm³/mol. The van der Waals surface area contributed by atoms with Crippen molar-refractivity contribution in [2.24, 2.45) is 10.7 Å². The van der Waals surface area contributed by atoms with E-state index in [1.807, 2.05) is 19.1 Å². The van der Waals surface area contributed by atoms with Crippen LogP contribution in [-0.2, 0) is 13.1 Å². The molecule has 0 unspecified atom stereocenters. The predicted octanol–water partition coefficient (Wildman–Crippen LogP) is 1.84. The average molecular weight is 217 g/mol. The second-order valence-corrected chi connectivity index (χ2v) is 3.79. The van der Waals surface area contributed by atoms with Crippen LogP contribution in [0.5, 0.6) is 0 Å². The summed E-state index contributed by atoms with van der Waals surface area (Å²) < 4.78 is 0. The number of hydrogen-bond acceptors (Lipinski definition) is 3. The third kappa shape index (κ3) is 4.38. The highest BCUT2D eigenvalue weighted by atomic mass is 14.8. The number of hydrogen-bond donors (Lipinski definition) is 2. The van der Waals surface area contributed by atoms with Crippen molar-refractivity contribution in [3.8, 4) is 0 Å². The lowest BCUT2D eigenvalue weighted by atomic mass is 10.1. The van der Waals surface area contributed by atoms with Crippen LogP contribution in [0.3, 0.4) is 0 Å². The molecule has 0 heterocycles. The maximum absolute atomic E-state index is 5.59. The van der Waals surface area contributed by atoms with E-state index in [-0.39, 0.29) is 0 Å². The molecule has 0 saturated heterocycles. The summed E-state index contributed by atoms with van der Waals surface area (Å²) in [6.45, 7) is 7.71. The van der Waals surface area contributed by atoms with E-state index < -0.39 is 0 Å². The zero-order chi connectivity index (χ0) is 11.8. The van der Waals surface area contributed by atoms with Crippen LogP contribution in [0.4, 0.5) is 0 Å². The van der Waals surface area contributed by atoms with E-state index >= 15 is 0 Å². The van der Waals surface area contributed by atoms with Crippen molar-refractivity contribution in [1.82, 2.24) is 5.32 Å². The quantitative estimate of drug-likeness (QED) is 0.714. The topological polar surface area (TPSA) is 50.4 Å². The van der Waals surface area contributed by atoms with Crippen LogP contribution in [0.1, 0.15) is 18.1 Å². The normalized spacial score (nSPS) is 11.5. The molecule has 0 atom stereocenters. The highest BCUT2D eigenvalue weighted by molar-refractivity contribution is 5.26. The molecule has 3 heteroatoms. The van der Waals surface area contributed by atoms with Gasteiger partial charge in [-0.25, -0.2) is 0 Å². The summed E-state index contributed by atoms with van der Waals surface area (Å²) >= 11 is 0. The molecule has 0 bridgehead atoms. The number of nitrogens with zero attached hydrogens (tertiary/aromatic N) is 1. The van der Waals surface area contributed by atoms with E-state index in [1.165, 1.54) is 16.7 Å². The minimum atomic E-state index is 0.590. The maximum atomic E-state index is 5.59. The van der Waals surface area contributed by atoms with Crippen molar-refractivity contribution in [3.63, 3.8) is 0 Å². The summed E-state index contributed by atoms with van der Waals surface area (Å²) in [5.41, 5.74) is 9.18. The highest BCUT2D eigenvalue weighted by Gasteiger charge is 1.95. The van der Waals surface area contributed by atoms with Gasteiger partial charge in [-0.1, -0.05) is 24.3 Å². The fraction of sp³-hybridized carbons (Fsp3) is 0.308. The van der Waals surface area contributed by atoms with Crippen LogP contribution >= 0.6 is 0 Å². The first-order valence-corrected chi connectivity index (χ1v) is 5.36. The summed E-state index contributed by atoms with van der Waals surface area (Å²) in [5, 5.41) is 3.34. The zero-order valence-electron chi connectivity index (χ0n) is 9.74. The Morgan fingerprint density at radius 2 is 2.25 bits per heavy atom. The summed E-state index contributed by atoms with van der Waals surface area (Å²) in [5.74, 6) is 0. The number of benzene rings is 1. The molecule has 1 aromatic carbocycles. The maximum Gasteiger partial charge on any atom is 0.0262 e. The van der Waals surface area contributed by atoms with Gasteiger partial charge >= 0.3 is 0 Å². The molecule has 0 aliphatic heterocycles. The lowest BCUT2D eigenvalue weighted by Crippen LogP contribution is -2.15. The number of nitrogens with one attached hydrogen (secondary N) is 1. The van der Waals surface area contributed by atoms with Crippen molar-refractivity contribution in [2.75, 3.05) is 6.54 Å². The fourth-order valence-corrected chi connectivity index (χ4v) is 1.47. The molecule has 16 heavy (non-hydrogen) atoms. The standard InChI is InChI=1S/C13H19N3/c1-11(8-15-2)9-16-10-13-5-3-4-12(6-13)7-14/h3-6,8,16H,2,7,9-10,14H2,1H3/b11-8+. The summed E-state index contributed by atoms with van der Waals surface area (Å²) in [6, 6.07) is 8.29. The first kappa shape index (κ1) is 12.6. The number of rotatable bonds is 6. The fourth-order valence-electron chi connectivity index (χ4n) is 1.47. The molecular weight excluding hydrogens is 198 g/mol. The van der Waals surface area contributed by atoms with Gasteiger partial charge in [0.25, 0.3) is 0 Å². The monoisotopic (exact) mass is 217 g/mol. The molecule has 0 fully saturated rings. The van der Waals surface area contributed by atoms with Gasteiger partial charge in [-0.2, -0.15) is 0 Å². The van der Waals surface area contributed by atoms with Crippen molar-refractivity contribution >= 4 is 6.72 Å². The van der Waals surface area contributed by atoms with Crippen molar-refractivity contribution < 1.29 is 0 Å². The average Bonchev–Trinajstić information content (AvgIpc) is 2.30. The first-order valence-electron chi connectivity index (χ1n) is 5.36. The van der Waals surface area contributed by atoms with Crippen molar-refractivity contribution in [3.05, 3.63) is 47.2 Å². The lowest BCUT2D eigenvalue weighted by molar-refractivity contribution is 0.737. The number of aliphatic imine (C=N–C) groups is 1. The minimum absolute atomic E-state index is 0.590. The second-order valence-electron chi connectivity index (χ2n) is 3.79. The molecule has 0 radical (unpaired) electrons. The Labute approximate surface area is 97.1 Å². The van der Waals surface area contributed by atoms with E-state index in [0.717, 1.165) is 13.1 Å². The Bertz CT molecular complexity index is 369. The zero-order valence-corrected chi connectivity index (χ0v) is 9.74. The van der Waals surface area contributed by atoms with Gasteiger partial charge in [0.1, 0.15) is 0 Å². The summed E-state index contributed by atoms with van der Waals surface area (Å²) in [7, 11) is 0. The SMILES string of the molecule is C=N/C=C(\C)CNCc1cccc(CN)c1. The molecule has 0 saturated carbocycles. The molecule has 3 nitrogen and oxygen atoms in total. The summed E-state index contributed by atoms with van der Waals surface area (Å²) in [6.07, 6.45) is 1.77.